The van der Waals surface area contributed by atoms with Gasteiger partial charge in [-0.3, -0.25) is 0 Å². The molecule has 0 spiro atoms. The van der Waals surface area contributed by atoms with Crippen molar-refractivity contribution in [3.05, 3.63) is 47.5 Å². The first-order chi connectivity index (χ1) is 16.2. The van der Waals surface area contributed by atoms with Crippen molar-refractivity contribution in [2.24, 2.45) is 11.8 Å². The van der Waals surface area contributed by atoms with Gasteiger partial charge in [0.05, 0.1) is 13.2 Å². The maximum absolute atomic E-state index is 11.4. The molecule has 186 valence electrons. The Morgan fingerprint density at radius 2 is 1.12 bits per heavy atom. The molecule has 8 heteroatoms. The minimum atomic E-state index is -0.488. The van der Waals surface area contributed by atoms with E-state index in [1.165, 1.54) is 0 Å². The topological polar surface area (TPSA) is 112 Å². The van der Waals surface area contributed by atoms with Gasteiger partial charge in [0, 0.05) is 0 Å². The summed E-state index contributed by atoms with van der Waals surface area (Å²) >= 11 is 0. The number of rotatable bonds is 13. The van der Waals surface area contributed by atoms with Crippen LogP contribution in [0.15, 0.2) is 36.4 Å². The van der Waals surface area contributed by atoms with Crippen LogP contribution in [-0.2, 0) is 31.9 Å². The predicted octanol–water partition coefficient (Wildman–Crippen LogP) is 4.04. The van der Waals surface area contributed by atoms with Crippen LogP contribution in [0.4, 0.5) is 0 Å². The van der Waals surface area contributed by atoms with E-state index in [4.69, 9.17) is 18.9 Å². The summed E-state index contributed by atoms with van der Waals surface area (Å²) in [5.41, 5.74) is 1.90. The van der Waals surface area contributed by atoms with E-state index in [1.54, 1.807) is 38.1 Å². The molecule has 2 aromatic carbocycles. The SMILES string of the molecule is CCOC(=O)COc1ccc(CC(C)C(C)Cc2ccc(OCC(=O)OCC)c(O)c2)cc1O. The molecule has 0 saturated carbocycles. The smallest absolute Gasteiger partial charge is 0.344 e. The average molecular weight is 475 g/mol. The maximum atomic E-state index is 11.4. The first-order valence-corrected chi connectivity index (χ1v) is 11.4. The highest BCUT2D eigenvalue weighted by molar-refractivity contribution is 5.71. The molecule has 0 bridgehead atoms. The van der Waals surface area contributed by atoms with E-state index in [2.05, 4.69) is 13.8 Å². The van der Waals surface area contributed by atoms with Gasteiger partial charge in [-0.1, -0.05) is 26.0 Å². The number of hydrogen-bond donors (Lipinski definition) is 2. The fourth-order valence-electron chi connectivity index (χ4n) is 3.45. The summed E-state index contributed by atoms with van der Waals surface area (Å²) in [6.07, 6.45) is 1.47. The molecule has 8 nitrogen and oxygen atoms in total. The lowest BCUT2D eigenvalue weighted by Crippen LogP contribution is -2.15. The van der Waals surface area contributed by atoms with Crippen molar-refractivity contribution in [3.8, 4) is 23.0 Å². The van der Waals surface area contributed by atoms with Gasteiger partial charge in [0.15, 0.2) is 36.2 Å². The summed E-state index contributed by atoms with van der Waals surface area (Å²) in [6.45, 7) is 7.72. The lowest BCUT2D eigenvalue weighted by Gasteiger charge is -2.21. The normalized spacial score (nSPS) is 12.5. The molecule has 0 amide bonds. The second-order valence-corrected chi connectivity index (χ2v) is 8.15. The maximum Gasteiger partial charge on any atom is 0.344 e. The Labute approximate surface area is 200 Å². The van der Waals surface area contributed by atoms with Gasteiger partial charge in [0.25, 0.3) is 0 Å². The van der Waals surface area contributed by atoms with E-state index in [-0.39, 0.29) is 61.3 Å². The first-order valence-electron chi connectivity index (χ1n) is 11.4. The summed E-state index contributed by atoms with van der Waals surface area (Å²) in [6, 6.07) is 10.3. The summed E-state index contributed by atoms with van der Waals surface area (Å²) in [7, 11) is 0. The second-order valence-electron chi connectivity index (χ2n) is 8.15. The van der Waals surface area contributed by atoms with Gasteiger partial charge >= 0.3 is 11.9 Å². The third kappa shape index (κ3) is 8.50. The zero-order chi connectivity index (χ0) is 25.1. The standard InChI is InChI=1S/C26H34O8/c1-5-31-25(29)15-33-23-9-7-19(13-21(23)27)11-17(3)18(4)12-20-8-10-24(22(28)14-20)34-16-26(30)32-6-2/h7-10,13-14,17-18,27-28H,5-6,11-12,15-16H2,1-4H3. The van der Waals surface area contributed by atoms with Gasteiger partial charge < -0.3 is 29.2 Å². The molecule has 0 radical (unpaired) electrons. The number of carbonyl (C=O) groups excluding carboxylic acids is 2. The van der Waals surface area contributed by atoms with E-state index in [0.29, 0.717) is 0 Å². The van der Waals surface area contributed by atoms with E-state index in [0.717, 1.165) is 24.0 Å². The molecule has 2 rings (SSSR count). The minimum absolute atomic E-state index is 0.0232. The number of phenols is 2. The van der Waals surface area contributed by atoms with Gasteiger partial charge in [-0.15, -0.1) is 0 Å². The molecule has 2 aromatic rings. The summed E-state index contributed by atoms with van der Waals surface area (Å²) in [5, 5.41) is 20.5. The number of hydrogen-bond acceptors (Lipinski definition) is 8. The molecule has 0 aliphatic heterocycles. The lowest BCUT2D eigenvalue weighted by atomic mass is 9.85. The molecule has 0 saturated heterocycles. The minimum Gasteiger partial charge on any atom is -0.504 e. The first kappa shape index (κ1) is 26.8. The number of carbonyl (C=O) groups is 2. The van der Waals surface area contributed by atoms with Crippen LogP contribution >= 0.6 is 0 Å². The molecule has 2 N–H and O–H groups in total. The van der Waals surface area contributed by atoms with Gasteiger partial charge in [0.1, 0.15) is 0 Å². The third-order valence-corrected chi connectivity index (χ3v) is 5.44. The fourth-order valence-corrected chi connectivity index (χ4v) is 3.45. The van der Waals surface area contributed by atoms with Crippen molar-refractivity contribution in [2.45, 2.75) is 40.5 Å². The third-order valence-electron chi connectivity index (χ3n) is 5.44. The molecular weight excluding hydrogens is 440 g/mol. The Bertz CT molecular complexity index is 878. The van der Waals surface area contributed by atoms with Crippen LogP contribution in [0.5, 0.6) is 23.0 Å². The second kappa shape index (κ2) is 13.3. The average Bonchev–Trinajstić information content (AvgIpc) is 2.78. The van der Waals surface area contributed by atoms with Gasteiger partial charge in [-0.25, -0.2) is 9.59 Å². The largest absolute Gasteiger partial charge is 0.504 e. The van der Waals surface area contributed by atoms with Crippen LogP contribution in [0.25, 0.3) is 0 Å². The molecule has 34 heavy (non-hydrogen) atoms. The van der Waals surface area contributed by atoms with Crippen molar-refractivity contribution >= 4 is 11.9 Å². The van der Waals surface area contributed by atoms with E-state index < -0.39 is 11.9 Å². The fraction of sp³-hybridized carbons (Fsp3) is 0.462. The molecule has 0 aromatic heterocycles. The Hall–Kier alpha value is -3.42. The molecule has 0 aliphatic rings. The molecule has 2 unspecified atom stereocenters. The van der Waals surface area contributed by atoms with Crippen LogP contribution < -0.4 is 9.47 Å². The number of aromatic hydroxyl groups is 2. The predicted molar refractivity (Wildman–Crippen MR) is 126 cm³/mol. The van der Waals surface area contributed by atoms with E-state index in [1.807, 2.05) is 12.1 Å². The monoisotopic (exact) mass is 474 g/mol. The van der Waals surface area contributed by atoms with E-state index in [9.17, 15) is 19.8 Å². The van der Waals surface area contributed by atoms with Gasteiger partial charge in [-0.05, 0) is 73.9 Å². The van der Waals surface area contributed by atoms with Crippen molar-refractivity contribution < 1.29 is 38.7 Å². The molecule has 0 aliphatic carbocycles. The quantitative estimate of drug-likeness (QED) is 0.419. The number of ether oxygens (including phenoxy) is 4. The van der Waals surface area contributed by atoms with Crippen LogP contribution in [0, 0.1) is 11.8 Å². The highest BCUT2D eigenvalue weighted by Gasteiger charge is 2.17. The zero-order valence-electron chi connectivity index (χ0n) is 20.2. The van der Waals surface area contributed by atoms with Crippen molar-refractivity contribution in [1.82, 2.24) is 0 Å². The van der Waals surface area contributed by atoms with Crippen molar-refractivity contribution in [3.63, 3.8) is 0 Å². The van der Waals surface area contributed by atoms with Crippen LogP contribution in [0.2, 0.25) is 0 Å². The highest BCUT2D eigenvalue weighted by atomic mass is 16.6. The molecule has 0 heterocycles. The Balaban J connectivity index is 1.90. The van der Waals surface area contributed by atoms with Crippen LogP contribution in [0.3, 0.4) is 0 Å². The van der Waals surface area contributed by atoms with Crippen molar-refractivity contribution in [2.75, 3.05) is 26.4 Å². The lowest BCUT2D eigenvalue weighted by molar-refractivity contribution is -0.146. The molecule has 2 atom stereocenters. The van der Waals surface area contributed by atoms with Crippen molar-refractivity contribution in [1.29, 1.82) is 0 Å². The van der Waals surface area contributed by atoms with Gasteiger partial charge in [-0.2, -0.15) is 0 Å². The summed E-state index contributed by atoms with van der Waals surface area (Å²) in [5.74, 6) is 0.0164. The number of esters is 2. The summed E-state index contributed by atoms with van der Waals surface area (Å²) in [4.78, 5) is 22.8. The Morgan fingerprint density at radius 3 is 1.44 bits per heavy atom. The molecular formula is C26H34O8. The Morgan fingerprint density at radius 1 is 0.735 bits per heavy atom. The summed E-state index contributed by atoms with van der Waals surface area (Å²) < 4.78 is 20.3. The van der Waals surface area contributed by atoms with Crippen LogP contribution in [0.1, 0.15) is 38.8 Å². The Kier molecular flexibility index (Phi) is 10.5. The van der Waals surface area contributed by atoms with Crippen LogP contribution in [-0.4, -0.2) is 48.6 Å². The zero-order valence-corrected chi connectivity index (χ0v) is 20.2. The molecule has 0 fully saturated rings. The number of benzene rings is 2. The van der Waals surface area contributed by atoms with Gasteiger partial charge in [0.2, 0.25) is 0 Å². The number of phenolic OH excluding ortho intramolecular Hbond substituents is 2. The van der Waals surface area contributed by atoms with E-state index >= 15 is 0 Å². The highest BCUT2D eigenvalue weighted by Crippen LogP contribution is 2.31.